The number of aryl methyl sites for hydroxylation is 1. The zero-order chi connectivity index (χ0) is 20.4. The molecule has 0 saturated carbocycles. The number of nitrogens with one attached hydrogen (secondary N) is 1. The molecule has 6 heteroatoms. The molecule has 1 amide bonds. The van der Waals surface area contributed by atoms with Crippen LogP contribution in [0.15, 0.2) is 66.7 Å². The lowest BCUT2D eigenvalue weighted by Crippen LogP contribution is -2.12. The molecule has 3 aromatic carbocycles. The molecular formula is C23H20N4O2. The summed E-state index contributed by atoms with van der Waals surface area (Å²) in [7, 11) is 0. The molecule has 0 unspecified atom stereocenters. The number of nitrogens with zero attached hydrogens (tertiary/aromatic N) is 3. The van der Waals surface area contributed by atoms with E-state index < -0.39 is 0 Å². The molecule has 0 aliphatic rings. The van der Waals surface area contributed by atoms with Crippen LogP contribution in [-0.2, 0) is 6.54 Å². The van der Waals surface area contributed by atoms with Crippen molar-refractivity contribution in [3.05, 3.63) is 89.0 Å². The van der Waals surface area contributed by atoms with Crippen molar-refractivity contribution in [3.8, 4) is 0 Å². The number of ketones is 1. The standard InChI is InChI=1S/C23H20N4O2/c1-15-6-3-4-7-19(15)14-27-22-11-10-18(13-21(22)25-26-27)23(29)24-20-9-5-8-17(12-20)16(2)28/h3-13H,14H2,1-2H3,(H,24,29). The van der Waals surface area contributed by atoms with E-state index in [4.69, 9.17) is 0 Å². The highest BCUT2D eigenvalue weighted by molar-refractivity contribution is 6.06. The van der Waals surface area contributed by atoms with Crippen molar-refractivity contribution in [1.82, 2.24) is 15.0 Å². The van der Waals surface area contributed by atoms with E-state index in [0.717, 1.165) is 5.52 Å². The molecule has 0 aliphatic heterocycles. The predicted molar refractivity (Wildman–Crippen MR) is 112 cm³/mol. The first-order chi connectivity index (χ1) is 14.0. The van der Waals surface area contributed by atoms with E-state index in [-0.39, 0.29) is 11.7 Å². The Balaban J connectivity index is 1.56. The summed E-state index contributed by atoms with van der Waals surface area (Å²) in [6.07, 6.45) is 0. The van der Waals surface area contributed by atoms with Crippen LogP contribution in [0, 0.1) is 6.92 Å². The monoisotopic (exact) mass is 384 g/mol. The highest BCUT2D eigenvalue weighted by Crippen LogP contribution is 2.18. The van der Waals surface area contributed by atoms with Gasteiger partial charge in [-0.25, -0.2) is 4.68 Å². The van der Waals surface area contributed by atoms with Gasteiger partial charge in [0.25, 0.3) is 5.91 Å². The Morgan fingerprint density at radius 2 is 1.79 bits per heavy atom. The maximum Gasteiger partial charge on any atom is 0.255 e. The van der Waals surface area contributed by atoms with Gasteiger partial charge in [-0.3, -0.25) is 9.59 Å². The number of carbonyl (C=O) groups excluding carboxylic acids is 2. The van der Waals surface area contributed by atoms with Crippen molar-refractivity contribution >= 4 is 28.4 Å². The summed E-state index contributed by atoms with van der Waals surface area (Å²) in [5.41, 5.74) is 5.50. The third kappa shape index (κ3) is 3.91. The lowest BCUT2D eigenvalue weighted by Gasteiger charge is -2.08. The second kappa shape index (κ2) is 7.67. The van der Waals surface area contributed by atoms with Crippen molar-refractivity contribution in [2.75, 3.05) is 5.32 Å². The molecule has 6 nitrogen and oxygen atoms in total. The number of hydrogen-bond donors (Lipinski definition) is 1. The van der Waals surface area contributed by atoms with Crippen LogP contribution in [0.4, 0.5) is 5.69 Å². The van der Waals surface area contributed by atoms with E-state index in [1.807, 2.05) is 22.9 Å². The molecular weight excluding hydrogens is 364 g/mol. The zero-order valence-electron chi connectivity index (χ0n) is 16.2. The van der Waals surface area contributed by atoms with Crippen LogP contribution in [0.3, 0.4) is 0 Å². The Morgan fingerprint density at radius 3 is 2.59 bits per heavy atom. The molecule has 0 saturated heterocycles. The highest BCUT2D eigenvalue weighted by Gasteiger charge is 2.12. The van der Waals surface area contributed by atoms with Crippen molar-refractivity contribution in [2.24, 2.45) is 0 Å². The summed E-state index contributed by atoms with van der Waals surface area (Å²) in [6, 6.07) is 20.4. The predicted octanol–water partition coefficient (Wildman–Crippen LogP) is 4.24. The molecule has 0 aliphatic carbocycles. The molecule has 0 spiro atoms. The smallest absolute Gasteiger partial charge is 0.255 e. The number of aromatic nitrogens is 3. The van der Waals surface area contributed by atoms with E-state index in [1.165, 1.54) is 18.1 Å². The van der Waals surface area contributed by atoms with E-state index in [1.54, 1.807) is 36.4 Å². The highest BCUT2D eigenvalue weighted by atomic mass is 16.1. The summed E-state index contributed by atoms with van der Waals surface area (Å²) in [6.45, 7) is 4.18. The van der Waals surface area contributed by atoms with Crippen LogP contribution in [0.25, 0.3) is 11.0 Å². The van der Waals surface area contributed by atoms with Crippen molar-refractivity contribution in [3.63, 3.8) is 0 Å². The van der Waals surface area contributed by atoms with E-state index in [9.17, 15) is 9.59 Å². The van der Waals surface area contributed by atoms with E-state index in [2.05, 4.69) is 34.7 Å². The average Bonchev–Trinajstić information content (AvgIpc) is 3.12. The van der Waals surface area contributed by atoms with Crippen LogP contribution in [0.5, 0.6) is 0 Å². The van der Waals surface area contributed by atoms with Gasteiger partial charge in [0.15, 0.2) is 5.78 Å². The van der Waals surface area contributed by atoms with Gasteiger partial charge in [-0.05, 0) is 55.3 Å². The van der Waals surface area contributed by atoms with Gasteiger partial charge in [0.05, 0.1) is 12.1 Å². The summed E-state index contributed by atoms with van der Waals surface area (Å²) in [5, 5.41) is 11.3. The van der Waals surface area contributed by atoms with Crippen LogP contribution in [-0.4, -0.2) is 26.7 Å². The normalized spacial score (nSPS) is 10.8. The lowest BCUT2D eigenvalue weighted by atomic mass is 10.1. The van der Waals surface area contributed by atoms with Gasteiger partial charge in [0.2, 0.25) is 0 Å². The van der Waals surface area contributed by atoms with Crippen molar-refractivity contribution in [2.45, 2.75) is 20.4 Å². The fourth-order valence-electron chi connectivity index (χ4n) is 3.20. The molecule has 29 heavy (non-hydrogen) atoms. The van der Waals surface area contributed by atoms with Crippen LogP contribution in [0.2, 0.25) is 0 Å². The van der Waals surface area contributed by atoms with Gasteiger partial charge >= 0.3 is 0 Å². The van der Waals surface area contributed by atoms with Gasteiger partial charge in [0, 0.05) is 16.8 Å². The zero-order valence-corrected chi connectivity index (χ0v) is 16.2. The SMILES string of the molecule is CC(=O)c1cccc(NC(=O)c2ccc3c(c2)nnn3Cc2ccccc2C)c1. The molecule has 144 valence electrons. The summed E-state index contributed by atoms with van der Waals surface area (Å²) >= 11 is 0. The Bertz CT molecular complexity index is 1230. The van der Waals surface area contributed by atoms with Crippen LogP contribution >= 0.6 is 0 Å². The largest absolute Gasteiger partial charge is 0.322 e. The second-order valence-electron chi connectivity index (χ2n) is 6.97. The molecule has 1 N–H and O–H groups in total. The quantitative estimate of drug-likeness (QED) is 0.522. The van der Waals surface area contributed by atoms with Gasteiger partial charge in [-0.1, -0.05) is 41.6 Å². The number of carbonyl (C=O) groups is 2. The summed E-state index contributed by atoms with van der Waals surface area (Å²) < 4.78 is 1.83. The minimum absolute atomic E-state index is 0.0483. The first-order valence-electron chi connectivity index (χ1n) is 9.31. The molecule has 0 fully saturated rings. The first kappa shape index (κ1) is 18.6. The Hall–Kier alpha value is -3.80. The number of fused-ring (bicyclic) bond motifs is 1. The third-order valence-corrected chi connectivity index (χ3v) is 4.88. The minimum atomic E-state index is -0.263. The molecule has 1 heterocycles. The maximum absolute atomic E-state index is 12.6. The Labute approximate surface area is 168 Å². The fraction of sp³-hybridized carbons (Fsp3) is 0.130. The molecule has 1 aromatic heterocycles. The van der Waals surface area contributed by atoms with E-state index >= 15 is 0 Å². The number of hydrogen-bond acceptors (Lipinski definition) is 4. The van der Waals surface area contributed by atoms with Crippen LogP contribution in [0.1, 0.15) is 38.8 Å². The molecule has 0 bridgehead atoms. The van der Waals surface area contributed by atoms with Gasteiger partial charge in [-0.2, -0.15) is 0 Å². The molecule has 0 radical (unpaired) electrons. The molecule has 0 atom stereocenters. The van der Waals surface area contributed by atoms with Crippen molar-refractivity contribution in [1.29, 1.82) is 0 Å². The number of anilines is 1. The Kier molecular flexibility index (Phi) is 4.91. The van der Waals surface area contributed by atoms with Gasteiger partial charge < -0.3 is 5.32 Å². The van der Waals surface area contributed by atoms with Crippen molar-refractivity contribution < 1.29 is 9.59 Å². The molecule has 4 rings (SSSR count). The lowest BCUT2D eigenvalue weighted by molar-refractivity contribution is 0.101. The van der Waals surface area contributed by atoms with Gasteiger partial charge in [-0.15, -0.1) is 5.10 Å². The number of benzene rings is 3. The third-order valence-electron chi connectivity index (χ3n) is 4.88. The maximum atomic E-state index is 12.6. The summed E-state index contributed by atoms with van der Waals surface area (Å²) in [4.78, 5) is 24.2. The molecule has 4 aromatic rings. The minimum Gasteiger partial charge on any atom is -0.322 e. The first-order valence-corrected chi connectivity index (χ1v) is 9.31. The van der Waals surface area contributed by atoms with E-state index in [0.29, 0.717) is 28.9 Å². The topological polar surface area (TPSA) is 76.9 Å². The number of rotatable bonds is 5. The second-order valence-corrected chi connectivity index (χ2v) is 6.97. The van der Waals surface area contributed by atoms with Crippen LogP contribution < -0.4 is 5.32 Å². The Morgan fingerprint density at radius 1 is 0.966 bits per heavy atom. The van der Waals surface area contributed by atoms with Gasteiger partial charge in [0.1, 0.15) is 5.52 Å². The summed E-state index contributed by atoms with van der Waals surface area (Å²) in [5.74, 6) is -0.311. The average molecular weight is 384 g/mol. The number of amides is 1. The fourth-order valence-corrected chi connectivity index (χ4v) is 3.20. The number of Topliss-reactive ketones (excluding diaryl/α,β-unsaturated/α-hetero) is 1.